The zero-order valence-corrected chi connectivity index (χ0v) is 13.9. The standard InChI is InChI=1S/C19H22FNO2/c1-12-9-13(2)14(3)18(10-12)23-11-19(22)21-15(4)16-5-7-17(20)8-6-16/h5-10,15H,11H2,1-4H3,(H,21,22)/t15-/m0/s1. The first-order chi connectivity index (χ1) is 10.9. The number of carbonyl (C=O) groups is 1. The molecule has 0 fully saturated rings. The molecule has 0 radical (unpaired) electrons. The third-order valence-electron chi connectivity index (χ3n) is 3.87. The molecule has 0 aliphatic carbocycles. The Labute approximate surface area is 136 Å². The summed E-state index contributed by atoms with van der Waals surface area (Å²) in [5, 5.41) is 2.85. The van der Waals surface area contributed by atoms with E-state index in [-0.39, 0.29) is 24.4 Å². The van der Waals surface area contributed by atoms with Crippen LogP contribution < -0.4 is 10.1 Å². The fourth-order valence-electron chi connectivity index (χ4n) is 2.41. The van der Waals surface area contributed by atoms with Crippen molar-refractivity contribution in [3.8, 4) is 5.75 Å². The number of rotatable bonds is 5. The van der Waals surface area contributed by atoms with Gasteiger partial charge in [0, 0.05) is 0 Å². The zero-order valence-electron chi connectivity index (χ0n) is 13.9. The van der Waals surface area contributed by atoms with Gasteiger partial charge in [-0.05, 0) is 68.1 Å². The molecule has 0 aliphatic rings. The molecule has 0 unspecified atom stereocenters. The van der Waals surface area contributed by atoms with Crippen molar-refractivity contribution in [1.29, 1.82) is 0 Å². The molecule has 0 bridgehead atoms. The summed E-state index contributed by atoms with van der Waals surface area (Å²) in [7, 11) is 0. The lowest BCUT2D eigenvalue weighted by atomic mass is 10.1. The molecule has 0 saturated heterocycles. The van der Waals surface area contributed by atoms with Gasteiger partial charge in [0.2, 0.25) is 0 Å². The molecule has 23 heavy (non-hydrogen) atoms. The maximum atomic E-state index is 12.9. The van der Waals surface area contributed by atoms with Gasteiger partial charge in [0.15, 0.2) is 6.61 Å². The van der Waals surface area contributed by atoms with Gasteiger partial charge in [0.1, 0.15) is 11.6 Å². The third kappa shape index (κ3) is 4.55. The van der Waals surface area contributed by atoms with Gasteiger partial charge in [0.05, 0.1) is 6.04 Å². The highest BCUT2D eigenvalue weighted by Crippen LogP contribution is 2.23. The van der Waals surface area contributed by atoms with Crippen LogP contribution in [0.1, 0.15) is 35.2 Å². The van der Waals surface area contributed by atoms with E-state index in [1.165, 1.54) is 12.1 Å². The van der Waals surface area contributed by atoms with Crippen LogP contribution in [-0.2, 0) is 4.79 Å². The van der Waals surface area contributed by atoms with Crippen molar-refractivity contribution in [3.63, 3.8) is 0 Å². The predicted octanol–water partition coefficient (Wildman–Crippen LogP) is 4.01. The number of amides is 1. The van der Waals surface area contributed by atoms with Crippen LogP contribution in [0.15, 0.2) is 36.4 Å². The van der Waals surface area contributed by atoms with Crippen molar-refractivity contribution in [3.05, 3.63) is 64.5 Å². The van der Waals surface area contributed by atoms with E-state index in [0.717, 1.165) is 28.0 Å². The van der Waals surface area contributed by atoms with Gasteiger partial charge in [-0.15, -0.1) is 0 Å². The van der Waals surface area contributed by atoms with E-state index < -0.39 is 0 Å². The van der Waals surface area contributed by atoms with E-state index in [1.54, 1.807) is 12.1 Å². The average Bonchev–Trinajstić information content (AvgIpc) is 2.50. The molecule has 0 saturated carbocycles. The Bertz CT molecular complexity index is 695. The van der Waals surface area contributed by atoms with Crippen molar-refractivity contribution in [2.45, 2.75) is 33.7 Å². The Hall–Kier alpha value is -2.36. The fourth-order valence-corrected chi connectivity index (χ4v) is 2.41. The van der Waals surface area contributed by atoms with Crippen LogP contribution in [0.2, 0.25) is 0 Å². The molecule has 2 aromatic carbocycles. The predicted molar refractivity (Wildman–Crippen MR) is 89.1 cm³/mol. The van der Waals surface area contributed by atoms with E-state index in [9.17, 15) is 9.18 Å². The first kappa shape index (κ1) is 17.0. The van der Waals surface area contributed by atoms with Crippen molar-refractivity contribution in [1.82, 2.24) is 5.32 Å². The van der Waals surface area contributed by atoms with Gasteiger partial charge in [0.25, 0.3) is 5.91 Å². The lowest BCUT2D eigenvalue weighted by Crippen LogP contribution is -2.31. The van der Waals surface area contributed by atoms with Crippen molar-refractivity contribution in [2.24, 2.45) is 0 Å². The van der Waals surface area contributed by atoms with Crippen molar-refractivity contribution >= 4 is 5.91 Å². The van der Waals surface area contributed by atoms with Crippen LogP contribution in [0.5, 0.6) is 5.75 Å². The quantitative estimate of drug-likeness (QED) is 0.905. The molecule has 1 N–H and O–H groups in total. The number of hydrogen-bond donors (Lipinski definition) is 1. The highest BCUT2D eigenvalue weighted by molar-refractivity contribution is 5.78. The third-order valence-corrected chi connectivity index (χ3v) is 3.87. The molecule has 1 amide bonds. The minimum atomic E-state index is -0.291. The number of carbonyl (C=O) groups excluding carboxylic acids is 1. The summed E-state index contributed by atoms with van der Waals surface area (Å²) < 4.78 is 18.6. The van der Waals surface area contributed by atoms with E-state index in [0.29, 0.717) is 0 Å². The largest absolute Gasteiger partial charge is 0.483 e. The Morgan fingerprint density at radius 1 is 1.17 bits per heavy atom. The molecular formula is C19H22FNO2. The summed E-state index contributed by atoms with van der Waals surface area (Å²) in [6, 6.07) is 9.90. The SMILES string of the molecule is Cc1cc(C)c(C)c(OCC(=O)N[C@@H](C)c2ccc(F)cc2)c1. The molecule has 2 rings (SSSR count). The summed E-state index contributed by atoms with van der Waals surface area (Å²) >= 11 is 0. The van der Waals surface area contributed by atoms with Crippen LogP contribution in [0.25, 0.3) is 0 Å². The minimum Gasteiger partial charge on any atom is -0.483 e. The second-order valence-corrected chi connectivity index (χ2v) is 5.83. The monoisotopic (exact) mass is 315 g/mol. The smallest absolute Gasteiger partial charge is 0.258 e. The second-order valence-electron chi connectivity index (χ2n) is 5.83. The average molecular weight is 315 g/mol. The Morgan fingerprint density at radius 2 is 1.83 bits per heavy atom. The molecule has 2 aromatic rings. The van der Waals surface area contributed by atoms with Crippen LogP contribution in [0, 0.1) is 26.6 Å². The van der Waals surface area contributed by atoms with Gasteiger partial charge in [-0.2, -0.15) is 0 Å². The highest BCUT2D eigenvalue weighted by atomic mass is 19.1. The summed E-state index contributed by atoms with van der Waals surface area (Å²) in [6.07, 6.45) is 0. The maximum Gasteiger partial charge on any atom is 0.258 e. The molecule has 0 aliphatic heterocycles. The molecule has 0 spiro atoms. The van der Waals surface area contributed by atoms with E-state index in [1.807, 2.05) is 33.8 Å². The summed E-state index contributed by atoms with van der Waals surface area (Å²) in [5.74, 6) is 0.230. The van der Waals surface area contributed by atoms with Gasteiger partial charge < -0.3 is 10.1 Å². The van der Waals surface area contributed by atoms with Gasteiger partial charge in [-0.3, -0.25) is 4.79 Å². The molecule has 4 heteroatoms. The van der Waals surface area contributed by atoms with Crippen LogP contribution in [0.3, 0.4) is 0 Å². The number of benzene rings is 2. The molecule has 122 valence electrons. The van der Waals surface area contributed by atoms with E-state index in [2.05, 4.69) is 11.4 Å². The summed E-state index contributed by atoms with van der Waals surface area (Å²) in [5.41, 5.74) is 4.13. The first-order valence-electron chi connectivity index (χ1n) is 7.62. The summed E-state index contributed by atoms with van der Waals surface area (Å²) in [4.78, 5) is 12.0. The van der Waals surface area contributed by atoms with Crippen LogP contribution in [-0.4, -0.2) is 12.5 Å². The van der Waals surface area contributed by atoms with E-state index in [4.69, 9.17) is 4.74 Å². The summed E-state index contributed by atoms with van der Waals surface area (Å²) in [6.45, 7) is 7.80. The Balaban J connectivity index is 1.94. The van der Waals surface area contributed by atoms with Crippen molar-refractivity contribution in [2.75, 3.05) is 6.61 Å². The minimum absolute atomic E-state index is 0.0464. The van der Waals surface area contributed by atoms with Gasteiger partial charge >= 0.3 is 0 Å². The van der Waals surface area contributed by atoms with Crippen LogP contribution >= 0.6 is 0 Å². The highest BCUT2D eigenvalue weighted by Gasteiger charge is 2.11. The number of halogens is 1. The molecule has 0 heterocycles. The Kier molecular flexibility index (Phi) is 5.37. The normalized spacial score (nSPS) is 11.9. The molecule has 1 atom stereocenters. The number of hydrogen-bond acceptors (Lipinski definition) is 2. The van der Waals surface area contributed by atoms with Crippen molar-refractivity contribution < 1.29 is 13.9 Å². The maximum absolute atomic E-state index is 12.9. The van der Waals surface area contributed by atoms with Gasteiger partial charge in [-0.25, -0.2) is 4.39 Å². The van der Waals surface area contributed by atoms with Crippen LogP contribution in [0.4, 0.5) is 4.39 Å². The number of nitrogens with one attached hydrogen (secondary N) is 1. The van der Waals surface area contributed by atoms with Gasteiger partial charge in [-0.1, -0.05) is 18.2 Å². The second kappa shape index (κ2) is 7.27. The lowest BCUT2D eigenvalue weighted by Gasteiger charge is -2.16. The van der Waals surface area contributed by atoms with E-state index >= 15 is 0 Å². The molecule has 3 nitrogen and oxygen atoms in total. The molecular weight excluding hydrogens is 293 g/mol. The molecule has 0 aromatic heterocycles. The zero-order chi connectivity index (χ0) is 17.0. The topological polar surface area (TPSA) is 38.3 Å². The Morgan fingerprint density at radius 3 is 2.48 bits per heavy atom. The lowest BCUT2D eigenvalue weighted by molar-refractivity contribution is -0.123. The number of aryl methyl sites for hydroxylation is 2. The first-order valence-corrected chi connectivity index (χ1v) is 7.62. The fraction of sp³-hybridized carbons (Fsp3) is 0.316. The number of ether oxygens (including phenoxy) is 1.